The minimum atomic E-state index is 0.130. The number of hydrogen-bond donors (Lipinski definition) is 0. The predicted molar refractivity (Wildman–Crippen MR) is 112 cm³/mol. The van der Waals surface area contributed by atoms with Gasteiger partial charge in [-0.3, -0.25) is 9.59 Å². The number of amides is 2. The molecule has 0 aromatic heterocycles. The Morgan fingerprint density at radius 2 is 1.03 bits per heavy atom. The molecule has 1 saturated heterocycles. The summed E-state index contributed by atoms with van der Waals surface area (Å²) < 4.78 is 0. The third-order valence-electron chi connectivity index (χ3n) is 6.79. The van der Waals surface area contributed by atoms with Crippen molar-refractivity contribution in [1.82, 2.24) is 9.80 Å². The summed E-state index contributed by atoms with van der Waals surface area (Å²) in [5.74, 6) is 1.57. The molecule has 4 atom stereocenters. The molecule has 0 spiro atoms. The topological polar surface area (TPSA) is 40.6 Å². The fourth-order valence-electron chi connectivity index (χ4n) is 4.90. The number of rotatable bonds is 4. The normalized spacial score (nSPS) is 28.6. The first-order valence-corrected chi connectivity index (χ1v) is 10.9. The van der Waals surface area contributed by atoms with Crippen LogP contribution in [-0.4, -0.2) is 47.8 Å². The molecule has 2 aromatic rings. The smallest absolute Gasteiger partial charge is 0.226 e. The van der Waals surface area contributed by atoms with Gasteiger partial charge in [0.15, 0.2) is 0 Å². The lowest BCUT2D eigenvalue weighted by Gasteiger charge is -2.22. The highest BCUT2D eigenvalue weighted by Crippen LogP contribution is 2.49. The molecular formula is C25H28N2O2. The zero-order valence-corrected chi connectivity index (χ0v) is 16.7. The van der Waals surface area contributed by atoms with Crippen molar-refractivity contribution in [3.8, 4) is 0 Å². The van der Waals surface area contributed by atoms with E-state index >= 15 is 0 Å². The van der Waals surface area contributed by atoms with Crippen LogP contribution >= 0.6 is 0 Å². The first kappa shape index (κ1) is 18.4. The van der Waals surface area contributed by atoms with E-state index in [9.17, 15) is 9.59 Å². The molecule has 2 aromatic carbocycles. The molecule has 29 heavy (non-hydrogen) atoms. The Hall–Kier alpha value is -2.62. The van der Waals surface area contributed by atoms with Gasteiger partial charge in [-0.05, 0) is 42.2 Å². The van der Waals surface area contributed by atoms with Gasteiger partial charge < -0.3 is 9.80 Å². The van der Waals surface area contributed by atoms with Crippen LogP contribution in [0, 0.1) is 11.8 Å². The van der Waals surface area contributed by atoms with Crippen LogP contribution < -0.4 is 0 Å². The second kappa shape index (κ2) is 7.66. The van der Waals surface area contributed by atoms with Crippen molar-refractivity contribution in [2.24, 2.45) is 11.8 Å². The predicted octanol–water partition coefficient (Wildman–Crippen LogP) is 3.65. The summed E-state index contributed by atoms with van der Waals surface area (Å²) in [5, 5.41) is 0. The SMILES string of the molecule is O=C([C@@H]1C[C@@H]1c1ccccc1)N1CCCN(C(=O)[C@@H]2C[C@H]2c2ccccc2)CC1. The standard InChI is InChI=1S/C25H28N2O2/c28-24(22-16-20(22)18-8-3-1-4-9-18)26-12-7-13-27(15-14-26)25(29)23-17-21(23)19-10-5-2-6-11-19/h1-6,8-11,20-23H,7,12-17H2/t20-,21+,22-,23-/m1/s1. The van der Waals surface area contributed by atoms with Crippen molar-refractivity contribution in [3.63, 3.8) is 0 Å². The number of carbonyl (C=O) groups is 2. The molecule has 2 aliphatic carbocycles. The molecule has 3 fully saturated rings. The quantitative estimate of drug-likeness (QED) is 0.802. The number of nitrogens with zero attached hydrogens (tertiary/aromatic N) is 2. The van der Waals surface area contributed by atoms with Crippen molar-refractivity contribution in [3.05, 3.63) is 71.8 Å². The van der Waals surface area contributed by atoms with Gasteiger partial charge in [0.25, 0.3) is 0 Å². The molecule has 1 heterocycles. The number of hydrogen-bond acceptors (Lipinski definition) is 2. The Morgan fingerprint density at radius 3 is 1.45 bits per heavy atom. The van der Waals surface area contributed by atoms with Crippen LogP contribution in [0.5, 0.6) is 0 Å². The van der Waals surface area contributed by atoms with Crippen LogP contribution in [0.15, 0.2) is 60.7 Å². The second-order valence-electron chi connectivity index (χ2n) is 8.72. The molecule has 3 aliphatic rings. The summed E-state index contributed by atoms with van der Waals surface area (Å²) in [6.45, 7) is 2.89. The maximum absolute atomic E-state index is 13.0. The van der Waals surface area contributed by atoms with Gasteiger partial charge in [0.2, 0.25) is 11.8 Å². The minimum Gasteiger partial charge on any atom is -0.341 e. The van der Waals surface area contributed by atoms with Crippen molar-refractivity contribution in [2.45, 2.75) is 31.1 Å². The zero-order valence-electron chi connectivity index (χ0n) is 16.7. The molecule has 4 heteroatoms. The van der Waals surface area contributed by atoms with Crippen molar-refractivity contribution in [1.29, 1.82) is 0 Å². The summed E-state index contributed by atoms with van der Waals surface area (Å²) in [5.41, 5.74) is 2.55. The average Bonchev–Trinajstić information content (AvgIpc) is 3.67. The van der Waals surface area contributed by atoms with Crippen LogP contribution in [0.3, 0.4) is 0 Å². The highest BCUT2D eigenvalue weighted by Gasteiger charge is 2.47. The van der Waals surface area contributed by atoms with Gasteiger partial charge in [-0.2, -0.15) is 0 Å². The summed E-state index contributed by atoms with van der Waals surface area (Å²) in [6, 6.07) is 20.7. The Morgan fingerprint density at radius 1 is 0.621 bits per heavy atom. The van der Waals surface area contributed by atoms with E-state index in [0.29, 0.717) is 24.9 Å². The fourth-order valence-corrected chi connectivity index (χ4v) is 4.90. The zero-order chi connectivity index (χ0) is 19.8. The maximum Gasteiger partial charge on any atom is 0.226 e. The van der Waals surface area contributed by atoms with E-state index in [1.54, 1.807) is 0 Å². The van der Waals surface area contributed by atoms with Crippen molar-refractivity contribution in [2.75, 3.05) is 26.2 Å². The molecule has 5 rings (SSSR count). The summed E-state index contributed by atoms with van der Waals surface area (Å²) in [7, 11) is 0. The van der Waals surface area contributed by atoms with Gasteiger partial charge in [-0.15, -0.1) is 0 Å². The van der Waals surface area contributed by atoms with Gasteiger partial charge in [0.1, 0.15) is 0 Å². The van der Waals surface area contributed by atoms with Crippen LogP contribution in [-0.2, 0) is 9.59 Å². The van der Waals surface area contributed by atoms with Crippen molar-refractivity contribution < 1.29 is 9.59 Å². The summed E-state index contributed by atoms with van der Waals surface area (Å²) in [6.07, 6.45) is 2.80. The highest BCUT2D eigenvalue weighted by molar-refractivity contribution is 5.84. The second-order valence-corrected chi connectivity index (χ2v) is 8.72. The first-order chi connectivity index (χ1) is 14.2. The van der Waals surface area contributed by atoms with Crippen LogP contribution in [0.1, 0.15) is 42.2 Å². The van der Waals surface area contributed by atoms with E-state index in [1.807, 2.05) is 46.2 Å². The fraction of sp³-hybridized carbons (Fsp3) is 0.440. The van der Waals surface area contributed by atoms with E-state index in [1.165, 1.54) is 11.1 Å². The van der Waals surface area contributed by atoms with E-state index in [0.717, 1.165) is 32.4 Å². The third-order valence-corrected chi connectivity index (χ3v) is 6.79. The van der Waals surface area contributed by atoms with Gasteiger partial charge in [0, 0.05) is 38.0 Å². The Labute approximate surface area is 172 Å². The molecule has 2 saturated carbocycles. The van der Waals surface area contributed by atoms with Gasteiger partial charge in [0.05, 0.1) is 0 Å². The van der Waals surface area contributed by atoms with E-state index in [-0.39, 0.29) is 23.7 Å². The molecular weight excluding hydrogens is 360 g/mol. The molecule has 150 valence electrons. The largest absolute Gasteiger partial charge is 0.341 e. The molecule has 2 amide bonds. The lowest BCUT2D eigenvalue weighted by atomic mass is 10.1. The van der Waals surface area contributed by atoms with Crippen LogP contribution in [0.2, 0.25) is 0 Å². The van der Waals surface area contributed by atoms with Gasteiger partial charge in [-0.25, -0.2) is 0 Å². The van der Waals surface area contributed by atoms with E-state index in [4.69, 9.17) is 0 Å². The van der Waals surface area contributed by atoms with Crippen molar-refractivity contribution >= 4 is 11.8 Å². The Bertz CT molecular complexity index is 809. The summed E-state index contributed by atoms with van der Waals surface area (Å²) >= 11 is 0. The molecule has 0 radical (unpaired) electrons. The molecule has 0 unspecified atom stereocenters. The monoisotopic (exact) mass is 388 g/mol. The lowest BCUT2D eigenvalue weighted by Crippen LogP contribution is -2.38. The van der Waals surface area contributed by atoms with E-state index < -0.39 is 0 Å². The summed E-state index contributed by atoms with van der Waals surface area (Å²) in [4.78, 5) is 30.0. The Kier molecular flexibility index (Phi) is 4.86. The first-order valence-electron chi connectivity index (χ1n) is 10.9. The molecule has 0 N–H and O–H groups in total. The van der Waals surface area contributed by atoms with Gasteiger partial charge in [-0.1, -0.05) is 60.7 Å². The third kappa shape index (κ3) is 3.81. The lowest BCUT2D eigenvalue weighted by molar-refractivity contribution is -0.135. The molecule has 0 bridgehead atoms. The number of benzene rings is 2. The van der Waals surface area contributed by atoms with Gasteiger partial charge >= 0.3 is 0 Å². The van der Waals surface area contributed by atoms with Crippen LogP contribution in [0.25, 0.3) is 0 Å². The minimum absolute atomic E-state index is 0.130. The van der Waals surface area contributed by atoms with Crippen LogP contribution in [0.4, 0.5) is 0 Å². The van der Waals surface area contributed by atoms with E-state index in [2.05, 4.69) is 24.3 Å². The number of carbonyl (C=O) groups excluding carboxylic acids is 2. The highest BCUT2D eigenvalue weighted by atomic mass is 16.2. The average molecular weight is 389 g/mol. The molecule has 4 nitrogen and oxygen atoms in total. The Balaban J connectivity index is 1.15. The maximum atomic E-state index is 13.0. The molecule has 1 aliphatic heterocycles.